The van der Waals surface area contributed by atoms with Gasteiger partial charge in [-0.3, -0.25) is 0 Å². The summed E-state index contributed by atoms with van der Waals surface area (Å²) in [5.41, 5.74) is 10.8. The van der Waals surface area contributed by atoms with Crippen LogP contribution in [0.25, 0.3) is 11.1 Å². The van der Waals surface area contributed by atoms with Gasteiger partial charge in [-0.2, -0.15) is 0 Å². The molecule has 3 N–H and O–H groups in total. The lowest BCUT2D eigenvalue weighted by molar-refractivity contribution is 0.265. The molecule has 2 aromatic rings. The monoisotopic (exact) mass is 305 g/mol. The Morgan fingerprint density at radius 2 is 1.71 bits per heavy atom. The zero-order valence-corrected chi connectivity index (χ0v) is 13.3. The summed E-state index contributed by atoms with van der Waals surface area (Å²) < 4.78 is 0. The smallest absolute Gasteiger partial charge is 0.0585 e. The van der Waals surface area contributed by atoms with Crippen LogP contribution >= 0.6 is 12.4 Å². The molecule has 0 fully saturated rings. The van der Waals surface area contributed by atoms with Gasteiger partial charge in [-0.15, -0.1) is 12.4 Å². The van der Waals surface area contributed by atoms with Gasteiger partial charge >= 0.3 is 0 Å². The molecule has 0 aliphatic rings. The minimum Gasteiger partial charge on any atom is -0.395 e. The van der Waals surface area contributed by atoms with Crippen LogP contribution in [-0.2, 0) is 12.8 Å². The van der Waals surface area contributed by atoms with E-state index >= 15 is 0 Å². The molecule has 0 aliphatic heterocycles. The van der Waals surface area contributed by atoms with Gasteiger partial charge in [0.05, 0.1) is 6.61 Å². The van der Waals surface area contributed by atoms with Crippen LogP contribution in [0.3, 0.4) is 0 Å². The molecule has 2 nitrogen and oxygen atoms in total. The minimum absolute atomic E-state index is 0. The SMILES string of the molecule is CCCc1ccc(-c2cccc(CC(N)CO)c2)cc1.Cl. The quantitative estimate of drug-likeness (QED) is 0.856. The molecule has 2 aromatic carbocycles. The van der Waals surface area contributed by atoms with E-state index < -0.39 is 0 Å². The van der Waals surface area contributed by atoms with Crippen molar-refractivity contribution in [2.24, 2.45) is 5.73 Å². The van der Waals surface area contributed by atoms with E-state index in [1.807, 2.05) is 0 Å². The van der Waals surface area contributed by atoms with Crippen molar-refractivity contribution in [1.29, 1.82) is 0 Å². The van der Waals surface area contributed by atoms with Gasteiger partial charge < -0.3 is 10.8 Å². The first-order valence-corrected chi connectivity index (χ1v) is 7.27. The van der Waals surface area contributed by atoms with E-state index in [1.54, 1.807) is 0 Å². The van der Waals surface area contributed by atoms with E-state index in [0.717, 1.165) is 6.42 Å². The maximum absolute atomic E-state index is 9.04. The lowest BCUT2D eigenvalue weighted by Crippen LogP contribution is -2.26. The fraction of sp³-hybridized carbons (Fsp3) is 0.333. The Morgan fingerprint density at radius 1 is 1.00 bits per heavy atom. The van der Waals surface area contributed by atoms with Gasteiger partial charge in [0, 0.05) is 6.04 Å². The predicted molar refractivity (Wildman–Crippen MR) is 91.9 cm³/mol. The number of aliphatic hydroxyl groups excluding tert-OH is 1. The average molecular weight is 306 g/mol. The summed E-state index contributed by atoms with van der Waals surface area (Å²) in [7, 11) is 0. The molecule has 2 rings (SSSR count). The Hall–Kier alpha value is -1.35. The van der Waals surface area contributed by atoms with Gasteiger partial charge in [-0.25, -0.2) is 0 Å². The van der Waals surface area contributed by atoms with E-state index in [-0.39, 0.29) is 25.1 Å². The molecule has 21 heavy (non-hydrogen) atoms. The summed E-state index contributed by atoms with van der Waals surface area (Å²) in [6, 6.07) is 17.0. The number of aryl methyl sites for hydroxylation is 1. The molecule has 1 unspecified atom stereocenters. The third-order valence-electron chi connectivity index (χ3n) is 3.49. The highest BCUT2D eigenvalue weighted by atomic mass is 35.5. The number of aliphatic hydroxyl groups is 1. The summed E-state index contributed by atoms with van der Waals surface area (Å²) in [6.07, 6.45) is 3.01. The van der Waals surface area contributed by atoms with Gasteiger partial charge in [0.2, 0.25) is 0 Å². The van der Waals surface area contributed by atoms with Crippen LogP contribution in [0, 0.1) is 0 Å². The van der Waals surface area contributed by atoms with Gasteiger partial charge in [-0.1, -0.05) is 61.9 Å². The van der Waals surface area contributed by atoms with E-state index in [0.29, 0.717) is 6.42 Å². The Balaban J connectivity index is 0.00000220. The van der Waals surface area contributed by atoms with Crippen LogP contribution in [-0.4, -0.2) is 17.8 Å². The topological polar surface area (TPSA) is 46.2 Å². The van der Waals surface area contributed by atoms with Gasteiger partial charge in [-0.05, 0) is 35.1 Å². The Morgan fingerprint density at radius 3 is 2.33 bits per heavy atom. The first-order chi connectivity index (χ1) is 9.72. The highest BCUT2D eigenvalue weighted by Crippen LogP contribution is 2.22. The van der Waals surface area contributed by atoms with Crippen molar-refractivity contribution < 1.29 is 5.11 Å². The van der Waals surface area contributed by atoms with Crippen molar-refractivity contribution >= 4 is 12.4 Å². The molecule has 0 aliphatic carbocycles. The summed E-state index contributed by atoms with van der Waals surface area (Å²) in [6.45, 7) is 2.22. The van der Waals surface area contributed by atoms with Crippen molar-refractivity contribution in [3.05, 3.63) is 59.7 Å². The van der Waals surface area contributed by atoms with E-state index in [2.05, 4.69) is 55.5 Å². The molecule has 0 spiro atoms. The highest BCUT2D eigenvalue weighted by molar-refractivity contribution is 5.85. The second-order valence-corrected chi connectivity index (χ2v) is 5.29. The molecule has 0 bridgehead atoms. The van der Waals surface area contributed by atoms with E-state index in [9.17, 15) is 0 Å². The highest BCUT2D eigenvalue weighted by Gasteiger charge is 2.04. The Labute approximate surface area is 133 Å². The fourth-order valence-corrected chi connectivity index (χ4v) is 2.40. The zero-order chi connectivity index (χ0) is 14.4. The maximum atomic E-state index is 9.04. The summed E-state index contributed by atoms with van der Waals surface area (Å²) >= 11 is 0. The van der Waals surface area contributed by atoms with Crippen LogP contribution in [0.1, 0.15) is 24.5 Å². The van der Waals surface area contributed by atoms with Crippen LogP contribution < -0.4 is 5.73 Å². The molecular weight excluding hydrogens is 282 g/mol. The molecule has 0 amide bonds. The van der Waals surface area contributed by atoms with E-state index in [1.165, 1.54) is 28.7 Å². The third-order valence-corrected chi connectivity index (χ3v) is 3.49. The van der Waals surface area contributed by atoms with Crippen LogP contribution in [0.15, 0.2) is 48.5 Å². The third kappa shape index (κ3) is 5.16. The van der Waals surface area contributed by atoms with Crippen molar-refractivity contribution in [3.63, 3.8) is 0 Å². The lowest BCUT2D eigenvalue weighted by Gasteiger charge is -2.10. The van der Waals surface area contributed by atoms with Crippen LogP contribution in [0.4, 0.5) is 0 Å². The predicted octanol–water partition coefficient (Wildman–Crippen LogP) is 3.59. The Bertz CT molecular complexity index is 539. The number of halogens is 1. The van der Waals surface area contributed by atoms with Gasteiger partial charge in [0.15, 0.2) is 0 Å². The normalized spacial score (nSPS) is 11.8. The van der Waals surface area contributed by atoms with Gasteiger partial charge in [0.25, 0.3) is 0 Å². The first-order valence-electron chi connectivity index (χ1n) is 7.27. The second-order valence-electron chi connectivity index (χ2n) is 5.29. The lowest BCUT2D eigenvalue weighted by atomic mass is 9.98. The van der Waals surface area contributed by atoms with E-state index in [4.69, 9.17) is 10.8 Å². The Kier molecular flexibility index (Phi) is 7.44. The number of hydrogen-bond donors (Lipinski definition) is 2. The number of hydrogen-bond acceptors (Lipinski definition) is 2. The number of benzene rings is 2. The summed E-state index contributed by atoms with van der Waals surface area (Å²) in [5, 5.41) is 9.04. The summed E-state index contributed by atoms with van der Waals surface area (Å²) in [4.78, 5) is 0. The molecule has 0 heterocycles. The number of nitrogens with two attached hydrogens (primary N) is 1. The second kappa shape index (κ2) is 8.83. The van der Waals surface area contributed by atoms with Crippen molar-refractivity contribution in [2.75, 3.05) is 6.61 Å². The largest absolute Gasteiger partial charge is 0.395 e. The maximum Gasteiger partial charge on any atom is 0.0585 e. The molecule has 0 saturated carbocycles. The molecule has 0 aromatic heterocycles. The van der Waals surface area contributed by atoms with Crippen LogP contribution in [0.5, 0.6) is 0 Å². The standard InChI is InChI=1S/C18H23NO.ClH/c1-2-4-14-7-9-16(10-8-14)17-6-3-5-15(11-17)12-18(19)13-20;/h3,5-11,18,20H,2,4,12-13,19H2,1H3;1H. The average Bonchev–Trinajstić information content (AvgIpc) is 2.48. The van der Waals surface area contributed by atoms with Gasteiger partial charge in [0.1, 0.15) is 0 Å². The van der Waals surface area contributed by atoms with Crippen molar-refractivity contribution in [3.8, 4) is 11.1 Å². The molecule has 3 heteroatoms. The molecule has 0 saturated heterocycles. The van der Waals surface area contributed by atoms with Crippen LogP contribution in [0.2, 0.25) is 0 Å². The first kappa shape index (κ1) is 17.7. The minimum atomic E-state index is -0.183. The molecule has 1 atom stereocenters. The fourth-order valence-electron chi connectivity index (χ4n) is 2.40. The molecular formula is C18H24ClNO. The molecule has 114 valence electrons. The van der Waals surface area contributed by atoms with Crippen molar-refractivity contribution in [1.82, 2.24) is 0 Å². The zero-order valence-electron chi connectivity index (χ0n) is 12.5. The van der Waals surface area contributed by atoms with Crippen molar-refractivity contribution in [2.45, 2.75) is 32.2 Å². The summed E-state index contributed by atoms with van der Waals surface area (Å²) in [5.74, 6) is 0. The molecule has 0 radical (unpaired) electrons. The number of rotatable bonds is 6.